The lowest BCUT2D eigenvalue weighted by Gasteiger charge is -2.40. The maximum atomic E-state index is 12.6. The van der Waals surface area contributed by atoms with Crippen molar-refractivity contribution in [3.63, 3.8) is 0 Å². The molecule has 7 atom stereocenters. The van der Waals surface area contributed by atoms with Gasteiger partial charge in [-0.05, 0) is 12.8 Å². The quantitative estimate of drug-likeness (QED) is 0.0977. The maximum Gasteiger partial charge on any atom is 0.220 e. The summed E-state index contributed by atoms with van der Waals surface area (Å²) in [4.78, 5) is 12.6. The molecule has 0 spiro atoms. The summed E-state index contributed by atoms with van der Waals surface area (Å²) in [7, 11) is 0. The number of rotatable bonds is 24. The molecule has 232 valence electrons. The van der Waals surface area contributed by atoms with Crippen molar-refractivity contribution in [1.82, 2.24) is 5.32 Å². The van der Waals surface area contributed by atoms with E-state index in [4.69, 9.17) is 9.47 Å². The molecule has 6 N–H and O–H groups in total. The van der Waals surface area contributed by atoms with E-state index in [1.54, 1.807) is 0 Å². The number of hydrogen-bond acceptors (Lipinski definition) is 8. The Hall–Kier alpha value is -0.810. The minimum absolute atomic E-state index is 0.139. The molecule has 1 heterocycles. The van der Waals surface area contributed by atoms with Crippen molar-refractivity contribution in [1.29, 1.82) is 0 Å². The van der Waals surface area contributed by atoms with Gasteiger partial charge in [0.2, 0.25) is 5.91 Å². The van der Waals surface area contributed by atoms with Gasteiger partial charge in [-0.1, -0.05) is 110 Å². The zero-order valence-electron chi connectivity index (χ0n) is 24.6. The second kappa shape index (κ2) is 22.8. The first kappa shape index (κ1) is 36.2. The Morgan fingerprint density at radius 2 is 1.28 bits per heavy atom. The van der Waals surface area contributed by atoms with Gasteiger partial charge in [0.25, 0.3) is 0 Å². The predicted molar refractivity (Wildman–Crippen MR) is 152 cm³/mol. The third kappa shape index (κ3) is 15.7. The van der Waals surface area contributed by atoms with Gasteiger partial charge in [0.05, 0.1) is 25.4 Å². The maximum absolute atomic E-state index is 12.6. The highest BCUT2D eigenvalue weighted by Gasteiger charge is 2.44. The molecule has 0 aromatic carbocycles. The molecule has 0 saturated carbocycles. The van der Waals surface area contributed by atoms with Gasteiger partial charge in [0.1, 0.15) is 24.4 Å². The van der Waals surface area contributed by atoms with Crippen LogP contribution >= 0.6 is 0 Å². The summed E-state index contributed by atoms with van der Waals surface area (Å²) in [5.74, 6) is -0.157. The molecule has 0 radical (unpaired) electrons. The van der Waals surface area contributed by atoms with E-state index < -0.39 is 49.5 Å². The Balaban J connectivity index is 2.35. The van der Waals surface area contributed by atoms with Gasteiger partial charge in [0, 0.05) is 6.42 Å². The number of aliphatic hydroxyl groups is 5. The van der Waals surface area contributed by atoms with Crippen LogP contribution in [0.4, 0.5) is 0 Å². The Bertz CT molecular complexity index is 593. The van der Waals surface area contributed by atoms with Crippen molar-refractivity contribution in [3.05, 3.63) is 0 Å². The second-order valence-electron chi connectivity index (χ2n) is 11.3. The Labute approximate surface area is 236 Å². The number of ether oxygens (including phenoxy) is 2. The Kier molecular flexibility index (Phi) is 21.2. The van der Waals surface area contributed by atoms with Gasteiger partial charge in [0.15, 0.2) is 6.29 Å². The first-order chi connectivity index (χ1) is 18.8. The number of carbonyl (C=O) groups is 1. The zero-order chi connectivity index (χ0) is 28.9. The number of amides is 1. The number of aliphatic hydroxyl groups excluding tert-OH is 5. The van der Waals surface area contributed by atoms with E-state index in [1.165, 1.54) is 64.2 Å². The molecule has 0 bridgehead atoms. The summed E-state index contributed by atoms with van der Waals surface area (Å²) in [6.45, 7) is 3.63. The van der Waals surface area contributed by atoms with Gasteiger partial charge in [-0.2, -0.15) is 0 Å². The van der Waals surface area contributed by atoms with E-state index in [0.717, 1.165) is 38.5 Å². The summed E-state index contributed by atoms with van der Waals surface area (Å²) in [6.07, 6.45) is 11.9. The molecule has 0 aliphatic carbocycles. The molecule has 7 unspecified atom stereocenters. The fourth-order valence-electron chi connectivity index (χ4n) is 5.04. The second-order valence-corrected chi connectivity index (χ2v) is 11.3. The summed E-state index contributed by atoms with van der Waals surface area (Å²) in [6, 6.07) is -0.705. The summed E-state index contributed by atoms with van der Waals surface area (Å²) >= 11 is 0. The zero-order valence-corrected chi connectivity index (χ0v) is 24.6. The molecule has 1 saturated heterocycles. The lowest BCUT2D eigenvalue weighted by atomic mass is 9.99. The van der Waals surface area contributed by atoms with E-state index in [9.17, 15) is 30.3 Å². The molecular weight excluding hydrogens is 502 g/mol. The Morgan fingerprint density at radius 3 is 1.82 bits per heavy atom. The lowest BCUT2D eigenvalue weighted by molar-refractivity contribution is -0.302. The number of carbonyl (C=O) groups excluding carboxylic acids is 1. The van der Waals surface area contributed by atoms with Crippen LogP contribution in [0.2, 0.25) is 0 Å². The van der Waals surface area contributed by atoms with E-state index in [1.807, 2.05) is 0 Å². The normalized spacial score (nSPS) is 24.9. The summed E-state index contributed by atoms with van der Waals surface area (Å²) in [5, 5.41) is 53.1. The van der Waals surface area contributed by atoms with E-state index in [2.05, 4.69) is 19.2 Å². The van der Waals surface area contributed by atoms with E-state index >= 15 is 0 Å². The molecule has 0 aromatic rings. The third-order valence-corrected chi connectivity index (χ3v) is 7.71. The highest BCUT2D eigenvalue weighted by molar-refractivity contribution is 5.76. The average Bonchev–Trinajstić information content (AvgIpc) is 2.93. The number of hydrogen-bond donors (Lipinski definition) is 6. The Morgan fingerprint density at radius 1 is 0.769 bits per heavy atom. The van der Waals surface area contributed by atoms with Crippen molar-refractivity contribution < 1.29 is 39.8 Å². The first-order valence-corrected chi connectivity index (χ1v) is 15.7. The lowest BCUT2D eigenvalue weighted by Crippen LogP contribution is -2.60. The molecule has 1 aliphatic rings. The highest BCUT2D eigenvalue weighted by atomic mass is 16.7. The summed E-state index contributed by atoms with van der Waals surface area (Å²) < 4.78 is 11.0. The minimum Gasteiger partial charge on any atom is -0.394 e. The van der Waals surface area contributed by atoms with Crippen LogP contribution in [0.15, 0.2) is 0 Å². The van der Waals surface area contributed by atoms with E-state index in [0.29, 0.717) is 12.8 Å². The predicted octanol–water partition coefficient (Wildman–Crippen LogP) is 3.71. The fraction of sp³-hybridized carbons (Fsp3) is 0.967. The molecular formula is C30H59NO8. The van der Waals surface area contributed by atoms with Crippen LogP contribution in [-0.4, -0.2) is 87.5 Å². The molecule has 1 amide bonds. The monoisotopic (exact) mass is 561 g/mol. The molecule has 0 aromatic heterocycles. The van der Waals surface area contributed by atoms with Crippen LogP contribution in [0.1, 0.15) is 129 Å². The van der Waals surface area contributed by atoms with E-state index in [-0.39, 0.29) is 12.5 Å². The van der Waals surface area contributed by atoms with Crippen LogP contribution in [0.5, 0.6) is 0 Å². The van der Waals surface area contributed by atoms with Crippen LogP contribution < -0.4 is 5.32 Å². The van der Waals surface area contributed by atoms with Gasteiger partial charge in [-0.3, -0.25) is 4.79 Å². The third-order valence-electron chi connectivity index (χ3n) is 7.71. The number of unbranched alkanes of at least 4 members (excludes halogenated alkanes) is 14. The number of nitrogens with one attached hydrogen (secondary N) is 1. The van der Waals surface area contributed by atoms with Crippen LogP contribution in [0.25, 0.3) is 0 Å². The van der Waals surface area contributed by atoms with Crippen LogP contribution in [-0.2, 0) is 14.3 Å². The van der Waals surface area contributed by atoms with Crippen LogP contribution in [0, 0.1) is 0 Å². The standard InChI is InChI=1S/C30H59NO8/c1-3-5-7-8-9-10-11-12-13-14-15-16-18-20-26(34)31-23(24(33)19-17-6-4-2)22-38-30-29(37)28(36)27(35)25(21-32)39-30/h23-25,27-30,32-33,35-37H,3-22H2,1-2H3,(H,31,34). The SMILES string of the molecule is CCCCCCCCCCCCCCCC(=O)NC(COC1OC(CO)C(O)C(O)C1O)C(O)CCCCC. The van der Waals surface area contributed by atoms with Gasteiger partial charge < -0.3 is 40.3 Å². The topological polar surface area (TPSA) is 149 Å². The largest absolute Gasteiger partial charge is 0.394 e. The molecule has 39 heavy (non-hydrogen) atoms. The van der Waals surface area contributed by atoms with Gasteiger partial charge in [-0.15, -0.1) is 0 Å². The van der Waals surface area contributed by atoms with Crippen LogP contribution in [0.3, 0.4) is 0 Å². The highest BCUT2D eigenvalue weighted by Crippen LogP contribution is 2.22. The fourth-order valence-corrected chi connectivity index (χ4v) is 5.04. The average molecular weight is 562 g/mol. The minimum atomic E-state index is -1.54. The molecule has 1 rings (SSSR count). The molecule has 9 nitrogen and oxygen atoms in total. The first-order valence-electron chi connectivity index (χ1n) is 15.7. The molecule has 1 fully saturated rings. The van der Waals surface area contributed by atoms with Gasteiger partial charge >= 0.3 is 0 Å². The van der Waals surface area contributed by atoms with Gasteiger partial charge in [-0.25, -0.2) is 0 Å². The summed E-state index contributed by atoms with van der Waals surface area (Å²) in [5.41, 5.74) is 0. The van der Waals surface area contributed by atoms with Crippen molar-refractivity contribution in [3.8, 4) is 0 Å². The smallest absolute Gasteiger partial charge is 0.220 e. The molecule has 1 aliphatic heterocycles. The van der Waals surface area contributed by atoms with Crippen molar-refractivity contribution >= 4 is 5.91 Å². The van der Waals surface area contributed by atoms with Crippen molar-refractivity contribution in [2.75, 3.05) is 13.2 Å². The van der Waals surface area contributed by atoms with Crippen molar-refractivity contribution in [2.24, 2.45) is 0 Å². The molecule has 9 heteroatoms. The van der Waals surface area contributed by atoms with Crippen molar-refractivity contribution in [2.45, 2.75) is 172 Å².